The van der Waals surface area contributed by atoms with Gasteiger partial charge in [-0.15, -0.1) is 5.10 Å². The second-order valence-corrected chi connectivity index (χ2v) is 7.51. The third-order valence-electron chi connectivity index (χ3n) is 4.22. The third-order valence-corrected chi connectivity index (χ3v) is 5.16. The first-order valence-corrected chi connectivity index (χ1v) is 9.75. The molecule has 1 amide bonds. The van der Waals surface area contributed by atoms with Crippen LogP contribution in [0, 0.1) is 6.92 Å². The van der Waals surface area contributed by atoms with Crippen molar-refractivity contribution in [2.75, 3.05) is 11.1 Å². The summed E-state index contributed by atoms with van der Waals surface area (Å²) in [5.74, 6) is -0.226. The number of benzene rings is 1. The normalized spacial score (nSPS) is 14.2. The van der Waals surface area contributed by atoms with Crippen LogP contribution < -0.4 is 5.32 Å². The highest BCUT2D eigenvalue weighted by atomic mass is 32.2. The van der Waals surface area contributed by atoms with E-state index in [1.165, 1.54) is 36.0 Å². The highest BCUT2D eigenvalue weighted by Crippen LogP contribution is 2.36. The molecule has 152 valence electrons. The molecule has 1 aromatic carbocycles. The SMILES string of the molecule is Cc1cc(NC(=O)CSc2nnnn2C2CC2)n(-c2ccccc2C(F)(F)F)n1. The number of hydrogen-bond donors (Lipinski definition) is 1. The minimum Gasteiger partial charge on any atom is -0.310 e. The number of tetrazole rings is 1. The summed E-state index contributed by atoms with van der Waals surface area (Å²) in [6, 6.07) is 6.87. The number of nitrogens with one attached hydrogen (secondary N) is 1. The number of amides is 1. The molecule has 0 unspecified atom stereocenters. The summed E-state index contributed by atoms with van der Waals surface area (Å²) in [7, 11) is 0. The minimum absolute atomic E-state index is 0.0121. The summed E-state index contributed by atoms with van der Waals surface area (Å²) in [5.41, 5.74) is -0.520. The molecule has 2 heterocycles. The van der Waals surface area contributed by atoms with Gasteiger partial charge in [0.25, 0.3) is 0 Å². The van der Waals surface area contributed by atoms with E-state index in [4.69, 9.17) is 0 Å². The predicted octanol–water partition coefficient (Wildman–Crippen LogP) is 3.25. The van der Waals surface area contributed by atoms with Crippen LogP contribution in [0.15, 0.2) is 35.5 Å². The van der Waals surface area contributed by atoms with Gasteiger partial charge in [-0.25, -0.2) is 9.36 Å². The molecule has 3 aromatic rings. The van der Waals surface area contributed by atoms with Crippen LogP contribution in [0.1, 0.15) is 30.1 Å². The highest BCUT2D eigenvalue weighted by Gasteiger charge is 2.34. The fourth-order valence-electron chi connectivity index (χ4n) is 2.81. The maximum atomic E-state index is 13.4. The van der Waals surface area contributed by atoms with Gasteiger partial charge >= 0.3 is 6.18 Å². The molecule has 1 fully saturated rings. The number of hydrogen-bond acceptors (Lipinski definition) is 6. The lowest BCUT2D eigenvalue weighted by Gasteiger charge is -2.15. The molecule has 1 aliphatic rings. The summed E-state index contributed by atoms with van der Waals surface area (Å²) in [6.45, 7) is 1.64. The number of para-hydroxylation sites is 1. The zero-order valence-corrected chi connectivity index (χ0v) is 16.0. The largest absolute Gasteiger partial charge is 0.418 e. The van der Waals surface area contributed by atoms with Crippen molar-refractivity contribution in [3.05, 3.63) is 41.6 Å². The fourth-order valence-corrected chi connectivity index (χ4v) is 3.55. The molecule has 1 N–H and O–H groups in total. The van der Waals surface area contributed by atoms with Gasteiger partial charge in [-0.2, -0.15) is 18.3 Å². The van der Waals surface area contributed by atoms with Gasteiger partial charge in [-0.05, 0) is 42.3 Å². The van der Waals surface area contributed by atoms with Crippen molar-refractivity contribution >= 4 is 23.5 Å². The third kappa shape index (κ3) is 4.26. The van der Waals surface area contributed by atoms with Crippen LogP contribution in [0.5, 0.6) is 0 Å². The Bertz CT molecular complexity index is 1040. The second-order valence-electron chi connectivity index (χ2n) is 6.57. The number of aryl methyl sites for hydroxylation is 1. The number of nitrogens with zero attached hydrogens (tertiary/aromatic N) is 6. The highest BCUT2D eigenvalue weighted by molar-refractivity contribution is 7.99. The van der Waals surface area contributed by atoms with Crippen LogP contribution in [0.25, 0.3) is 5.69 Å². The van der Waals surface area contributed by atoms with E-state index in [2.05, 4.69) is 25.9 Å². The van der Waals surface area contributed by atoms with Gasteiger partial charge in [0.05, 0.1) is 28.7 Å². The van der Waals surface area contributed by atoms with Crippen molar-refractivity contribution in [3.8, 4) is 5.69 Å². The zero-order chi connectivity index (χ0) is 20.6. The van der Waals surface area contributed by atoms with Crippen molar-refractivity contribution in [3.63, 3.8) is 0 Å². The van der Waals surface area contributed by atoms with Crippen molar-refractivity contribution in [2.24, 2.45) is 0 Å². The van der Waals surface area contributed by atoms with Crippen LogP contribution >= 0.6 is 11.8 Å². The van der Waals surface area contributed by atoms with Crippen LogP contribution in [-0.2, 0) is 11.0 Å². The first kappa shape index (κ1) is 19.4. The molecule has 1 saturated carbocycles. The average molecular weight is 423 g/mol. The van der Waals surface area contributed by atoms with Gasteiger partial charge in [0.2, 0.25) is 11.1 Å². The molecular formula is C17H16F3N7OS. The van der Waals surface area contributed by atoms with E-state index in [-0.39, 0.29) is 23.3 Å². The topological polar surface area (TPSA) is 90.5 Å². The number of carbonyl (C=O) groups excluding carboxylic acids is 1. The standard InChI is InChI=1S/C17H16F3N7OS/c1-10-8-14(27(23-10)13-5-3-2-4-12(13)17(18,19)20)21-15(28)9-29-16-22-24-25-26(16)11-6-7-11/h2-5,8,11H,6-7,9H2,1H3,(H,21,28). The van der Waals surface area contributed by atoms with Crippen molar-refractivity contribution in [2.45, 2.75) is 37.1 Å². The summed E-state index contributed by atoms with van der Waals surface area (Å²) in [6.07, 6.45) is -2.54. The lowest BCUT2D eigenvalue weighted by Crippen LogP contribution is -2.19. The lowest BCUT2D eigenvalue weighted by atomic mass is 10.1. The van der Waals surface area contributed by atoms with Crippen LogP contribution in [0.3, 0.4) is 0 Å². The molecule has 0 radical (unpaired) electrons. The number of alkyl halides is 3. The predicted molar refractivity (Wildman–Crippen MR) is 98.7 cm³/mol. The zero-order valence-electron chi connectivity index (χ0n) is 15.2. The van der Waals surface area contributed by atoms with Crippen molar-refractivity contribution in [1.29, 1.82) is 0 Å². The van der Waals surface area contributed by atoms with E-state index >= 15 is 0 Å². The first-order valence-electron chi connectivity index (χ1n) is 8.76. The maximum absolute atomic E-state index is 13.4. The van der Waals surface area contributed by atoms with Gasteiger partial charge < -0.3 is 5.32 Å². The Hall–Kier alpha value is -2.89. The molecule has 12 heteroatoms. The minimum atomic E-state index is -4.55. The first-order chi connectivity index (χ1) is 13.8. The number of rotatable bonds is 6. The quantitative estimate of drug-likeness (QED) is 0.612. The van der Waals surface area contributed by atoms with Crippen LogP contribution in [0.4, 0.5) is 19.0 Å². The Morgan fingerprint density at radius 3 is 2.79 bits per heavy atom. The summed E-state index contributed by atoms with van der Waals surface area (Å²) in [5, 5.41) is 18.7. The lowest BCUT2D eigenvalue weighted by molar-refractivity contribution is -0.137. The van der Waals surface area contributed by atoms with Gasteiger partial charge in [0.1, 0.15) is 5.82 Å². The Labute approximate surface area is 167 Å². The molecular weight excluding hydrogens is 407 g/mol. The average Bonchev–Trinajstić information content (AvgIpc) is 3.29. The van der Waals surface area contributed by atoms with E-state index in [9.17, 15) is 18.0 Å². The summed E-state index contributed by atoms with van der Waals surface area (Å²) >= 11 is 1.17. The van der Waals surface area contributed by atoms with Crippen molar-refractivity contribution in [1.82, 2.24) is 30.0 Å². The van der Waals surface area contributed by atoms with E-state index in [1.807, 2.05) is 0 Å². The van der Waals surface area contributed by atoms with E-state index in [0.717, 1.165) is 23.6 Å². The molecule has 1 aliphatic carbocycles. The molecule has 4 rings (SSSR count). The molecule has 0 spiro atoms. The van der Waals surface area contributed by atoms with E-state index in [1.54, 1.807) is 11.6 Å². The summed E-state index contributed by atoms with van der Waals surface area (Å²) in [4.78, 5) is 12.4. The smallest absolute Gasteiger partial charge is 0.310 e. The Kier molecular flexibility index (Phi) is 5.03. The van der Waals surface area contributed by atoms with Gasteiger partial charge in [-0.1, -0.05) is 23.9 Å². The number of halogens is 3. The van der Waals surface area contributed by atoms with E-state index in [0.29, 0.717) is 10.9 Å². The van der Waals surface area contributed by atoms with Crippen molar-refractivity contribution < 1.29 is 18.0 Å². The Morgan fingerprint density at radius 1 is 1.31 bits per heavy atom. The second kappa shape index (κ2) is 7.50. The van der Waals surface area contributed by atoms with Gasteiger partial charge in [-0.3, -0.25) is 4.79 Å². The summed E-state index contributed by atoms with van der Waals surface area (Å²) < 4.78 is 42.9. The molecule has 8 nitrogen and oxygen atoms in total. The number of thioether (sulfide) groups is 1. The maximum Gasteiger partial charge on any atom is 0.418 e. The number of anilines is 1. The molecule has 2 aromatic heterocycles. The fraction of sp³-hybridized carbons (Fsp3) is 0.353. The molecule has 0 saturated heterocycles. The number of carbonyl (C=O) groups is 1. The van der Waals surface area contributed by atoms with Gasteiger partial charge in [0.15, 0.2) is 0 Å². The molecule has 0 bridgehead atoms. The molecule has 0 aliphatic heterocycles. The molecule has 29 heavy (non-hydrogen) atoms. The monoisotopic (exact) mass is 423 g/mol. The van der Waals surface area contributed by atoms with Crippen LogP contribution in [0.2, 0.25) is 0 Å². The van der Waals surface area contributed by atoms with Gasteiger partial charge in [0, 0.05) is 6.07 Å². The Morgan fingerprint density at radius 2 is 2.07 bits per heavy atom. The Balaban J connectivity index is 1.52. The number of aromatic nitrogens is 6. The molecule has 0 atom stereocenters. The van der Waals surface area contributed by atoms with E-state index < -0.39 is 17.6 Å². The van der Waals surface area contributed by atoms with Crippen LogP contribution in [-0.4, -0.2) is 41.6 Å².